The lowest BCUT2D eigenvalue weighted by Crippen LogP contribution is -2.32. The van der Waals surface area contributed by atoms with Crippen molar-refractivity contribution in [3.05, 3.63) is 51.8 Å². The van der Waals surface area contributed by atoms with E-state index in [1.807, 2.05) is 19.1 Å². The first kappa shape index (κ1) is 16.2. The van der Waals surface area contributed by atoms with E-state index in [1.54, 1.807) is 25.1 Å². The monoisotopic (exact) mass is 320 g/mol. The van der Waals surface area contributed by atoms with Crippen molar-refractivity contribution in [3.63, 3.8) is 0 Å². The lowest BCUT2D eigenvalue weighted by Gasteiger charge is -2.16. The fourth-order valence-electron chi connectivity index (χ4n) is 2.10. The van der Waals surface area contributed by atoms with Crippen LogP contribution in [-0.2, 0) is 9.53 Å². The molecule has 1 atom stereocenters. The Morgan fingerprint density at radius 3 is 2.50 bits per heavy atom. The minimum Gasteiger partial charge on any atom is -0.464 e. The van der Waals surface area contributed by atoms with Gasteiger partial charge in [0.15, 0.2) is 6.04 Å². The van der Waals surface area contributed by atoms with Crippen molar-refractivity contribution in [1.29, 1.82) is 0 Å². The lowest BCUT2D eigenvalue weighted by atomic mass is 10.1. The number of carbonyl (C=O) groups excluding carboxylic acids is 1. The summed E-state index contributed by atoms with van der Waals surface area (Å²) in [5.74, 6) is -0.451. The molecule has 0 aliphatic heterocycles. The highest BCUT2D eigenvalue weighted by molar-refractivity contribution is 6.30. The molecule has 1 aromatic carbocycles. The average molecular weight is 321 g/mol. The predicted molar refractivity (Wildman–Crippen MR) is 84.9 cm³/mol. The van der Waals surface area contributed by atoms with Crippen LogP contribution < -0.4 is 5.56 Å². The van der Waals surface area contributed by atoms with Gasteiger partial charge in [-0.1, -0.05) is 30.7 Å². The average Bonchev–Trinajstić information content (AvgIpc) is 2.51. The molecule has 0 spiro atoms. The van der Waals surface area contributed by atoms with Crippen LogP contribution in [-0.4, -0.2) is 22.4 Å². The molecule has 0 saturated carbocycles. The summed E-state index contributed by atoms with van der Waals surface area (Å²) in [5, 5.41) is 4.93. The number of rotatable bonds is 5. The molecule has 116 valence electrons. The van der Waals surface area contributed by atoms with Crippen molar-refractivity contribution in [1.82, 2.24) is 9.78 Å². The maximum absolute atomic E-state index is 12.0. The normalized spacial score (nSPS) is 12.0. The van der Waals surface area contributed by atoms with Crippen LogP contribution in [0.4, 0.5) is 0 Å². The van der Waals surface area contributed by atoms with E-state index in [9.17, 15) is 9.59 Å². The van der Waals surface area contributed by atoms with Crippen molar-refractivity contribution in [3.8, 4) is 11.3 Å². The first-order valence-corrected chi connectivity index (χ1v) is 7.47. The maximum atomic E-state index is 12.0. The molecule has 0 aliphatic carbocycles. The number of hydrogen-bond acceptors (Lipinski definition) is 4. The van der Waals surface area contributed by atoms with Crippen molar-refractivity contribution in [2.75, 3.05) is 6.61 Å². The van der Waals surface area contributed by atoms with Gasteiger partial charge in [0.1, 0.15) is 0 Å². The number of carbonyl (C=O) groups is 1. The fraction of sp³-hybridized carbons (Fsp3) is 0.312. The third-order valence-electron chi connectivity index (χ3n) is 3.21. The Hall–Kier alpha value is -2.14. The van der Waals surface area contributed by atoms with Gasteiger partial charge in [-0.25, -0.2) is 9.48 Å². The molecule has 0 bridgehead atoms. The number of esters is 1. The van der Waals surface area contributed by atoms with Crippen LogP contribution in [0.15, 0.2) is 41.2 Å². The highest BCUT2D eigenvalue weighted by Gasteiger charge is 2.22. The Morgan fingerprint density at radius 2 is 1.91 bits per heavy atom. The lowest BCUT2D eigenvalue weighted by molar-refractivity contribution is -0.147. The van der Waals surface area contributed by atoms with E-state index in [0.717, 1.165) is 5.56 Å². The highest BCUT2D eigenvalue weighted by Crippen LogP contribution is 2.19. The quantitative estimate of drug-likeness (QED) is 0.794. The molecule has 2 aromatic rings. The van der Waals surface area contributed by atoms with Crippen LogP contribution in [0.3, 0.4) is 0 Å². The Bertz CT molecular complexity index is 710. The number of ether oxygens (including phenoxy) is 1. The molecular weight excluding hydrogens is 304 g/mol. The van der Waals surface area contributed by atoms with Crippen molar-refractivity contribution < 1.29 is 9.53 Å². The van der Waals surface area contributed by atoms with Gasteiger partial charge in [0.25, 0.3) is 5.56 Å². The molecular formula is C16H17ClN2O3. The minimum absolute atomic E-state index is 0.265. The Morgan fingerprint density at radius 1 is 1.23 bits per heavy atom. The number of aromatic nitrogens is 2. The molecule has 0 radical (unpaired) electrons. The van der Waals surface area contributed by atoms with Gasteiger partial charge in [-0.15, -0.1) is 0 Å². The summed E-state index contributed by atoms with van der Waals surface area (Å²) in [6, 6.07) is 9.42. The van der Waals surface area contributed by atoms with Crippen LogP contribution in [0.1, 0.15) is 26.3 Å². The first-order valence-electron chi connectivity index (χ1n) is 7.09. The van der Waals surface area contributed by atoms with Crippen LogP contribution in [0.5, 0.6) is 0 Å². The van der Waals surface area contributed by atoms with E-state index in [2.05, 4.69) is 5.10 Å². The van der Waals surface area contributed by atoms with Gasteiger partial charge in [-0.05, 0) is 31.5 Å². The van der Waals surface area contributed by atoms with Crippen molar-refractivity contribution in [2.45, 2.75) is 26.3 Å². The maximum Gasteiger partial charge on any atom is 0.331 e. The summed E-state index contributed by atoms with van der Waals surface area (Å²) in [6.07, 6.45) is 0.426. The molecule has 0 aliphatic rings. The first-order chi connectivity index (χ1) is 10.6. The zero-order valence-electron chi connectivity index (χ0n) is 12.5. The van der Waals surface area contributed by atoms with Crippen LogP contribution in [0, 0.1) is 0 Å². The van der Waals surface area contributed by atoms with Crippen molar-refractivity contribution >= 4 is 17.6 Å². The van der Waals surface area contributed by atoms with E-state index < -0.39 is 12.0 Å². The number of nitrogens with zero attached hydrogens (tertiary/aromatic N) is 2. The molecule has 1 aromatic heterocycles. The topological polar surface area (TPSA) is 61.2 Å². The van der Waals surface area contributed by atoms with Gasteiger partial charge >= 0.3 is 5.97 Å². The second-order valence-corrected chi connectivity index (χ2v) is 5.12. The molecule has 0 saturated heterocycles. The van der Waals surface area contributed by atoms with Gasteiger partial charge in [0, 0.05) is 16.7 Å². The number of hydrogen-bond donors (Lipinski definition) is 0. The Kier molecular flexibility index (Phi) is 5.33. The third-order valence-corrected chi connectivity index (χ3v) is 3.46. The van der Waals surface area contributed by atoms with E-state index in [0.29, 0.717) is 17.1 Å². The summed E-state index contributed by atoms with van der Waals surface area (Å²) in [4.78, 5) is 24.0. The van der Waals surface area contributed by atoms with Gasteiger partial charge in [0.2, 0.25) is 0 Å². The van der Waals surface area contributed by atoms with Gasteiger partial charge in [-0.2, -0.15) is 5.10 Å². The molecule has 2 rings (SSSR count). The SMILES string of the molecule is CCOC(=O)C(CC)n1nc(-c2ccc(Cl)cc2)ccc1=O. The molecule has 5 nitrogen and oxygen atoms in total. The molecule has 0 N–H and O–H groups in total. The zero-order chi connectivity index (χ0) is 16.1. The van der Waals surface area contributed by atoms with Crippen molar-refractivity contribution in [2.24, 2.45) is 0 Å². The summed E-state index contributed by atoms with van der Waals surface area (Å²) in [7, 11) is 0. The van der Waals surface area contributed by atoms with E-state index in [-0.39, 0.29) is 12.2 Å². The Balaban J connectivity index is 2.43. The van der Waals surface area contributed by atoms with Crippen LogP contribution >= 0.6 is 11.6 Å². The predicted octanol–water partition coefficient (Wildman–Crippen LogP) is 3.08. The highest BCUT2D eigenvalue weighted by atomic mass is 35.5. The molecule has 0 amide bonds. The molecule has 6 heteroatoms. The summed E-state index contributed by atoms with van der Waals surface area (Å²) < 4.78 is 6.19. The van der Waals surface area contributed by atoms with E-state index in [4.69, 9.17) is 16.3 Å². The summed E-state index contributed by atoms with van der Waals surface area (Å²) in [6.45, 7) is 3.80. The number of halogens is 1. The number of benzene rings is 1. The second kappa shape index (κ2) is 7.22. The van der Waals surface area contributed by atoms with E-state index in [1.165, 1.54) is 10.7 Å². The molecule has 22 heavy (non-hydrogen) atoms. The fourth-order valence-corrected chi connectivity index (χ4v) is 2.23. The van der Waals surface area contributed by atoms with Gasteiger partial charge in [-0.3, -0.25) is 4.79 Å². The largest absolute Gasteiger partial charge is 0.464 e. The van der Waals surface area contributed by atoms with Crippen LogP contribution in [0.2, 0.25) is 5.02 Å². The third kappa shape index (κ3) is 3.54. The summed E-state index contributed by atoms with van der Waals surface area (Å²) in [5.41, 5.74) is 1.08. The zero-order valence-corrected chi connectivity index (χ0v) is 13.2. The summed E-state index contributed by atoms with van der Waals surface area (Å²) >= 11 is 5.87. The minimum atomic E-state index is -0.722. The molecule has 0 fully saturated rings. The Labute approximate surface area is 133 Å². The van der Waals surface area contributed by atoms with E-state index >= 15 is 0 Å². The van der Waals surface area contributed by atoms with Gasteiger partial charge < -0.3 is 4.74 Å². The molecule has 1 unspecified atom stereocenters. The van der Waals surface area contributed by atoms with Crippen LogP contribution in [0.25, 0.3) is 11.3 Å². The molecule has 1 heterocycles. The van der Waals surface area contributed by atoms with Gasteiger partial charge in [0.05, 0.1) is 12.3 Å². The second-order valence-electron chi connectivity index (χ2n) is 4.68. The standard InChI is InChI=1S/C16H17ClN2O3/c1-3-14(16(21)22-4-2)19-15(20)10-9-13(18-19)11-5-7-12(17)8-6-11/h5-10,14H,3-4H2,1-2H3. The smallest absolute Gasteiger partial charge is 0.331 e.